The first-order valence-corrected chi connectivity index (χ1v) is 7.88. The van der Waals surface area contributed by atoms with Crippen LogP contribution >= 0.6 is 0 Å². The van der Waals surface area contributed by atoms with Gasteiger partial charge >= 0.3 is 0 Å². The molecule has 122 valence electrons. The highest BCUT2D eigenvalue weighted by atomic mass is 16.5. The van der Waals surface area contributed by atoms with Gasteiger partial charge < -0.3 is 9.64 Å². The normalized spacial score (nSPS) is 13.4. The van der Waals surface area contributed by atoms with Gasteiger partial charge in [0, 0.05) is 26.0 Å². The number of aromatic nitrogens is 1. The fraction of sp³-hybridized carbons (Fsp3) is 0.368. The molecule has 0 fully saturated rings. The maximum absolute atomic E-state index is 12.7. The summed E-state index contributed by atoms with van der Waals surface area (Å²) in [6.45, 7) is 6.41. The number of hydrogen-bond donors (Lipinski definition) is 0. The Bertz CT molecular complexity index is 626. The number of benzene rings is 1. The Balaban J connectivity index is 2.48. The van der Waals surface area contributed by atoms with E-state index in [1.807, 2.05) is 30.2 Å². The van der Waals surface area contributed by atoms with Crippen molar-refractivity contribution in [3.8, 4) is 0 Å². The Kier molecular flexibility index (Phi) is 5.88. The highest BCUT2D eigenvalue weighted by Crippen LogP contribution is 2.29. The van der Waals surface area contributed by atoms with Gasteiger partial charge in [0.25, 0.3) is 5.91 Å². The first-order chi connectivity index (χ1) is 11.1. The highest BCUT2D eigenvalue weighted by Gasteiger charge is 2.28. The van der Waals surface area contributed by atoms with E-state index >= 15 is 0 Å². The first kappa shape index (κ1) is 17.2. The second-order valence-corrected chi connectivity index (χ2v) is 5.60. The number of nitrogens with zero attached hydrogens (tertiary/aromatic N) is 2. The number of hydrogen-bond acceptors (Lipinski definition) is 3. The number of methoxy groups -OCH3 is 1. The predicted molar refractivity (Wildman–Crippen MR) is 91.1 cm³/mol. The van der Waals surface area contributed by atoms with E-state index < -0.39 is 6.10 Å². The van der Waals surface area contributed by atoms with E-state index in [0.29, 0.717) is 6.54 Å². The molecule has 2 aromatic rings. The van der Waals surface area contributed by atoms with Crippen molar-refractivity contribution >= 4 is 5.91 Å². The highest BCUT2D eigenvalue weighted by molar-refractivity contribution is 5.81. The molecule has 4 heteroatoms. The van der Waals surface area contributed by atoms with Crippen molar-refractivity contribution in [3.63, 3.8) is 0 Å². The van der Waals surface area contributed by atoms with Crippen molar-refractivity contribution in [1.29, 1.82) is 0 Å². The monoisotopic (exact) mass is 312 g/mol. The van der Waals surface area contributed by atoms with Crippen molar-refractivity contribution in [1.82, 2.24) is 9.88 Å². The topological polar surface area (TPSA) is 42.4 Å². The van der Waals surface area contributed by atoms with Gasteiger partial charge in [-0.3, -0.25) is 9.78 Å². The summed E-state index contributed by atoms with van der Waals surface area (Å²) < 4.78 is 5.23. The Morgan fingerprint density at radius 1 is 1.22 bits per heavy atom. The molecular formula is C19H24N2O2. The second kappa shape index (κ2) is 7.88. The smallest absolute Gasteiger partial charge is 0.252 e. The summed E-state index contributed by atoms with van der Waals surface area (Å²) >= 11 is 0. The van der Waals surface area contributed by atoms with Crippen LogP contribution in [0.5, 0.6) is 0 Å². The van der Waals surface area contributed by atoms with Crippen LogP contribution in [0, 0.1) is 6.92 Å². The third-order valence-electron chi connectivity index (χ3n) is 4.03. The minimum absolute atomic E-state index is 0.0237. The van der Waals surface area contributed by atoms with Gasteiger partial charge in [-0.05, 0) is 38.0 Å². The number of rotatable bonds is 6. The molecule has 0 unspecified atom stereocenters. The van der Waals surface area contributed by atoms with Gasteiger partial charge in [-0.25, -0.2) is 0 Å². The largest absolute Gasteiger partial charge is 0.372 e. The molecule has 1 aromatic carbocycles. The van der Waals surface area contributed by atoms with Crippen molar-refractivity contribution < 1.29 is 9.53 Å². The van der Waals surface area contributed by atoms with Crippen LogP contribution in [0.2, 0.25) is 0 Å². The molecule has 1 aromatic heterocycles. The SMILES string of the molecule is CCN(C(=O)[C@@H](C)OC)[C@@H](c1ccc(C)cc1)c1cccnc1. The van der Waals surface area contributed by atoms with Crippen LogP contribution in [-0.4, -0.2) is 35.5 Å². The van der Waals surface area contributed by atoms with Crippen LogP contribution < -0.4 is 0 Å². The van der Waals surface area contributed by atoms with Crippen molar-refractivity contribution in [3.05, 3.63) is 65.5 Å². The Hall–Kier alpha value is -2.20. The lowest BCUT2D eigenvalue weighted by molar-refractivity contribution is -0.142. The summed E-state index contributed by atoms with van der Waals surface area (Å²) in [5.41, 5.74) is 3.26. The molecule has 1 heterocycles. The fourth-order valence-electron chi connectivity index (χ4n) is 2.64. The van der Waals surface area contributed by atoms with Gasteiger partial charge in [-0.15, -0.1) is 0 Å². The molecule has 0 saturated carbocycles. The van der Waals surface area contributed by atoms with E-state index in [2.05, 4.69) is 36.2 Å². The molecule has 0 aliphatic rings. The lowest BCUT2D eigenvalue weighted by Gasteiger charge is -2.33. The predicted octanol–water partition coefficient (Wildman–Crippen LogP) is 3.36. The molecule has 23 heavy (non-hydrogen) atoms. The van der Waals surface area contributed by atoms with Crippen LogP contribution in [-0.2, 0) is 9.53 Å². The Morgan fingerprint density at radius 3 is 2.43 bits per heavy atom. The molecule has 1 amide bonds. The molecular weight excluding hydrogens is 288 g/mol. The molecule has 0 saturated heterocycles. The minimum atomic E-state index is -0.473. The number of aryl methyl sites for hydroxylation is 1. The van der Waals surface area contributed by atoms with Crippen LogP contribution in [0.4, 0.5) is 0 Å². The third-order valence-corrected chi connectivity index (χ3v) is 4.03. The summed E-state index contributed by atoms with van der Waals surface area (Å²) in [5.74, 6) is -0.0237. The summed E-state index contributed by atoms with van der Waals surface area (Å²) in [7, 11) is 1.56. The maximum Gasteiger partial charge on any atom is 0.252 e. The quantitative estimate of drug-likeness (QED) is 0.821. The Morgan fingerprint density at radius 2 is 1.91 bits per heavy atom. The summed E-state index contributed by atoms with van der Waals surface area (Å²) in [6, 6.07) is 12.0. The fourth-order valence-corrected chi connectivity index (χ4v) is 2.64. The van der Waals surface area contributed by atoms with Crippen LogP contribution in [0.3, 0.4) is 0 Å². The number of carbonyl (C=O) groups excluding carboxylic acids is 1. The molecule has 4 nitrogen and oxygen atoms in total. The number of carbonyl (C=O) groups is 1. The van der Waals surface area contributed by atoms with Gasteiger partial charge in [0.1, 0.15) is 6.10 Å². The van der Waals surface area contributed by atoms with Gasteiger partial charge in [-0.1, -0.05) is 35.9 Å². The average molecular weight is 312 g/mol. The van der Waals surface area contributed by atoms with Crippen LogP contribution in [0.25, 0.3) is 0 Å². The van der Waals surface area contributed by atoms with Crippen LogP contribution in [0.1, 0.15) is 36.6 Å². The molecule has 2 rings (SSSR count). The standard InChI is InChI=1S/C19H24N2O2/c1-5-21(19(22)15(3)23-4)18(17-7-6-12-20-13-17)16-10-8-14(2)9-11-16/h6-13,15,18H,5H2,1-4H3/t15-,18+/m1/s1. The van der Waals surface area contributed by atoms with E-state index in [0.717, 1.165) is 11.1 Å². The van der Waals surface area contributed by atoms with E-state index in [9.17, 15) is 4.79 Å². The van der Waals surface area contributed by atoms with Gasteiger partial charge in [-0.2, -0.15) is 0 Å². The first-order valence-electron chi connectivity index (χ1n) is 7.88. The zero-order valence-electron chi connectivity index (χ0n) is 14.2. The third kappa shape index (κ3) is 3.96. The van der Waals surface area contributed by atoms with E-state index in [1.165, 1.54) is 5.56 Å². The van der Waals surface area contributed by atoms with Crippen LogP contribution in [0.15, 0.2) is 48.8 Å². The summed E-state index contributed by atoms with van der Waals surface area (Å²) in [4.78, 5) is 18.8. The molecule has 0 aliphatic heterocycles. The zero-order valence-corrected chi connectivity index (χ0v) is 14.2. The molecule has 0 radical (unpaired) electrons. The number of likely N-dealkylation sites (N-methyl/N-ethyl adjacent to an activating group) is 1. The Labute approximate surface area is 138 Å². The van der Waals surface area contributed by atoms with Gasteiger partial charge in [0.15, 0.2) is 0 Å². The second-order valence-electron chi connectivity index (χ2n) is 5.60. The lowest BCUT2D eigenvalue weighted by atomic mass is 9.97. The van der Waals surface area contributed by atoms with E-state index in [4.69, 9.17) is 4.74 Å². The lowest BCUT2D eigenvalue weighted by Crippen LogP contribution is -2.41. The van der Waals surface area contributed by atoms with Gasteiger partial charge in [0.05, 0.1) is 6.04 Å². The number of ether oxygens (including phenoxy) is 1. The van der Waals surface area contributed by atoms with E-state index in [-0.39, 0.29) is 11.9 Å². The van der Waals surface area contributed by atoms with E-state index in [1.54, 1.807) is 20.2 Å². The molecule has 0 bridgehead atoms. The summed E-state index contributed by atoms with van der Waals surface area (Å²) in [5, 5.41) is 0. The molecule has 0 aliphatic carbocycles. The molecule has 0 spiro atoms. The minimum Gasteiger partial charge on any atom is -0.372 e. The van der Waals surface area contributed by atoms with Crippen molar-refractivity contribution in [2.75, 3.05) is 13.7 Å². The summed E-state index contributed by atoms with van der Waals surface area (Å²) in [6.07, 6.45) is 3.09. The zero-order chi connectivity index (χ0) is 16.8. The van der Waals surface area contributed by atoms with Gasteiger partial charge in [0.2, 0.25) is 0 Å². The van der Waals surface area contributed by atoms with Crippen molar-refractivity contribution in [2.45, 2.75) is 32.9 Å². The number of amides is 1. The maximum atomic E-state index is 12.7. The molecule has 2 atom stereocenters. The molecule has 0 N–H and O–H groups in total. The average Bonchev–Trinajstić information content (AvgIpc) is 2.60. The number of pyridine rings is 1. The van der Waals surface area contributed by atoms with Crippen molar-refractivity contribution in [2.24, 2.45) is 0 Å².